The number of aliphatic hydroxyl groups is 1. The third-order valence-electron chi connectivity index (χ3n) is 3.90. The smallest absolute Gasteiger partial charge is 0.191 e. The maximum absolute atomic E-state index is 9.53. The van der Waals surface area contributed by atoms with Crippen molar-refractivity contribution in [3.05, 3.63) is 0 Å². The van der Waals surface area contributed by atoms with Crippen molar-refractivity contribution in [3.8, 4) is 0 Å². The van der Waals surface area contributed by atoms with Crippen LogP contribution in [0.4, 0.5) is 0 Å². The molecule has 5 nitrogen and oxygen atoms in total. The fourth-order valence-corrected chi connectivity index (χ4v) is 2.55. The second-order valence-electron chi connectivity index (χ2n) is 6.15. The van der Waals surface area contributed by atoms with Gasteiger partial charge in [0, 0.05) is 18.0 Å². The Labute approximate surface area is 115 Å². The first-order chi connectivity index (χ1) is 9.11. The molecule has 2 rings (SSSR count). The Morgan fingerprint density at radius 3 is 2.53 bits per heavy atom. The minimum absolute atomic E-state index is 0.108. The summed E-state index contributed by atoms with van der Waals surface area (Å²) < 4.78 is 5.25. The van der Waals surface area contributed by atoms with Crippen LogP contribution in [-0.4, -0.2) is 49.5 Å². The molecule has 0 atom stereocenters. The molecule has 0 aromatic rings. The number of nitrogens with one attached hydrogen (secondary N) is 2. The molecule has 0 unspecified atom stereocenters. The van der Waals surface area contributed by atoms with Crippen molar-refractivity contribution in [2.75, 3.05) is 26.3 Å². The van der Waals surface area contributed by atoms with Crippen LogP contribution >= 0.6 is 0 Å². The van der Waals surface area contributed by atoms with Gasteiger partial charge in [-0.25, -0.2) is 0 Å². The lowest BCUT2D eigenvalue weighted by molar-refractivity contribution is -0.0945. The summed E-state index contributed by atoms with van der Waals surface area (Å²) in [5.41, 5.74) is 0.213. The van der Waals surface area contributed by atoms with E-state index in [0.717, 1.165) is 57.9 Å². The fourth-order valence-electron chi connectivity index (χ4n) is 2.55. The lowest BCUT2D eigenvalue weighted by Crippen LogP contribution is -2.47. The molecule has 2 fully saturated rings. The van der Waals surface area contributed by atoms with E-state index in [4.69, 9.17) is 4.74 Å². The van der Waals surface area contributed by atoms with Crippen molar-refractivity contribution in [2.45, 2.75) is 51.7 Å². The van der Waals surface area contributed by atoms with Crippen LogP contribution in [0, 0.1) is 5.41 Å². The summed E-state index contributed by atoms with van der Waals surface area (Å²) in [5, 5.41) is 16.3. The zero-order chi connectivity index (χ0) is 13.7. The van der Waals surface area contributed by atoms with Crippen molar-refractivity contribution in [1.29, 1.82) is 0 Å². The summed E-state index contributed by atoms with van der Waals surface area (Å²) >= 11 is 0. The van der Waals surface area contributed by atoms with Crippen LogP contribution in [0.15, 0.2) is 4.99 Å². The zero-order valence-electron chi connectivity index (χ0n) is 12.1. The van der Waals surface area contributed by atoms with Crippen LogP contribution in [-0.2, 0) is 4.74 Å². The normalized spacial score (nSPS) is 30.6. The number of aliphatic hydroxyl groups excluding tert-OH is 1. The molecule has 0 aromatic carbocycles. The second-order valence-corrected chi connectivity index (χ2v) is 6.15. The van der Waals surface area contributed by atoms with Gasteiger partial charge in [-0.15, -0.1) is 0 Å². The van der Waals surface area contributed by atoms with E-state index < -0.39 is 0 Å². The van der Waals surface area contributed by atoms with Gasteiger partial charge in [0.05, 0.1) is 25.9 Å². The molecule has 1 heterocycles. The number of ether oxygens (including phenoxy) is 1. The average Bonchev–Trinajstić information content (AvgIpc) is 2.37. The van der Waals surface area contributed by atoms with Gasteiger partial charge >= 0.3 is 0 Å². The van der Waals surface area contributed by atoms with Crippen LogP contribution in [0.25, 0.3) is 0 Å². The quantitative estimate of drug-likeness (QED) is 0.524. The number of aliphatic imine (C=N–C) groups is 1. The van der Waals surface area contributed by atoms with Crippen LogP contribution in [0.5, 0.6) is 0 Å². The monoisotopic (exact) mass is 269 g/mol. The number of nitrogens with zero attached hydrogens (tertiary/aromatic N) is 1. The van der Waals surface area contributed by atoms with Gasteiger partial charge in [-0.3, -0.25) is 4.99 Å². The predicted molar refractivity (Wildman–Crippen MR) is 76.3 cm³/mol. The van der Waals surface area contributed by atoms with E-state index in [0.29, 0.717) is 6.04 Å². The van der Waals surface area contributed by atoms with Gasteiger partial charge in [0.25, 0.3) is 0 Å². The molecule has 19 heavy (non-hydrogen) atoms. The molecular formula is C14H27N3O2. The average molecular weight is 269 g/mol. The maximum atomic E-state index is 9.53. The Kier molecular flexibility index (Phi) is 5.05. The van der Waals surface area contributed by atoms with E-state index in [1.807, 2.05) is 0 Å². The summed E-state index contributed by atoms with van der Waals surface area (Å²) in [6, 6.07) is 0.437. The first kappa shape index (κ1) is 14.6. The number of rotatable bonds is 4. The van der Waals surface area contributed by atoms with Gasteiger partial charge in [-0.1, -0.05) is 6.92 Å². The van der Waals surface area contributed by atoms with E-state index in [1.165, 1.54) is 0 Å². The molecule has 1 saturated heterocycles. The Hall–Kier alpha value is -0.810. The molecule has 1 saturated carbocycles. The standard InChI is InChI=1S/C14H27N3O2/c1-3-15-13(16-8-14(2)9-19-10-14)17-11-4-6-12(18)7-5-11/h11-12,18H,3-10H2,1-2H3,(H2,15,16,17). The van der Waals surface area contributed by atoms with Crippen LogP contribution in [0.2, 0.25) is 0 Å². The van der Waals surface area contributed by atoms with E-state index in [-0.39, 0.29) is 11.5 Å². The molecule has 3 N–H and O–H groups in total. The maximum Gasteiger partial charge on any atom is 0.191 e. The van der Waals surface area contributed by atoms with Crippen LogP contribution in [0.1, 0.15) is 39.5 Å². The lowest BCUT2D eigenvalue weighted by atomic mass is 9.89. The third kappa shape index (κ3) is 4.35. The highest BCUT2D eigenvalue weighted by molar-refractivity contribution is 5.80. The molecule has 0 amide bonds. The minimum Gasteiger partial charge on any atom is -0.393 e. The fraction of sp³-hybridized carbons (Fsp3) is 0.929. The first-order valence-electron chi connectivity index (χ1n) is 7.42. The van der Waals surface area contributed by atoms with E-state index in [2.05, 4.69) is 29.5 Å². The summed E-state index contributed by atoms with van der Waals surface area (Å²) in [7, 11) is 0. The van der Waals surface area contributed by atoms with Gasteiger partial charge in [0.2, 0.25) is 0 Å². The van der Waals surface area contributed by atoms with E-state index in [1.54, 1.807) is 0 Å². The van der Waals surface area contributed by atoms with Crippen LogP contribution in [0.3, 0.4) is 0 Å². The lowest BCUT2D eigenvalue weighted by Gasteiger charge is -2.37. The Morgan fingerprint density at radius 1 is 1.32 bits per heavy atom. The van der Waals surface area contributed by atoms with E-state index in [9.17, 15) is 5.11 Å². The number of hydrogen-bond acceptors (Lipinski definition) is 3. The van der Waals surface area contributed by atoms with Gasteiger partial charge in [0.15, 0.2) is 5.96 Å². The van der Waals surface area contributed by atoms with Gasteiger partial charge < -0.3 is 20.5 Å². The predicted octanol–water partition coefficient (Wildman–Crippen LogP) is 0.881. The molecule has 0 bridgehead atoms. The Bertz CT molecular complexity index is 308. The van der Waals surface area contributed by atoms with Crippen molar-refractivity contribution < 1.29 is 9.84 Å². The molecule has 2 aliphatic rings. The van der Waals surface area contributed by atoms with Crippen molar-refractivity contribution >= 4 is 5.96 Å². The van der Waals surface area contributed by atoms with Gasteiger partial charge in [-0.2, -0.15) is 0 Å². The zero-order valence-corrected chi connectivity index (χ0v) is 12.1. The topological polar surface area (TPSA) is 65.9 Å². The molecular weight excluding hydrogens is 242 g/mol. The third-order valence-corrected chi connectivity index (χ3v) is 3.90. The van der Waals surface area contributed by atoms with E-state index >= 15 is 0 Å². The summed E-state index contributed by atoms with van der Waals surface area (Å²) in [5.74, 6) is 0.900. The van der Waals surface area contributed by atoms with Gasteiger partial charge in [0.1, 0.15) is 0 Å². The van der Waals surface area contributed by atoms with Crippen molar-refractivity contribution in [2.24, 2.45) is 10.4 Å². The first-order valence-corrected chi connectivity index (χ1v) is 7.42. The molecule has 1 aliphatic carbocycles. The number of hydrogen-bond donors (Lipinski definition) is 3. The molecule has 0 radical (unpaired) electrons. The highest BCUT2D eigenvalue weighted by atomic mass is 16.5. The molecule has 110 valence electrons. The van der Waals surface area contributed by atoms with Crippen molar-refractivity contribution in [3.63, 3.8) is 0 Å². The summed E-state index contributed by atoms with van der Waals surface area (Å²) in [6.45, 7) is 7.58. The molecule has 5 heteroatoms. The SMILES string of the molecule is CCNC(=NCC1(C)COC1)NC1CCC(O)CC1. The van der Waals surface area contributed by atoms with Crippen molar-refractivity contribution in [1.82, 2.24) is 10.6 Å². The Balaban J connectivity index is 1.82. The second kappa shape index (κ2) is 6.57. The highest BCUT2D eigenvalue weighted by Gasteiger charge is 2.33. The summed E-state index contributed by atoms with van der Waals surface area (Å²) in [6.07, 6.45) is 3.71. The molecule has 1 aliphatic heterocycles. The summed E-state index contributed by atoms with van der Waals surface area (Å²) in [4.78, 5) is 4.67. The highest BCUT2D eigenvalue weighted by Crippen LogP contribution is 2.26. The molecule has 0 spiro atoms. The Morgan fingerprint density at radius 2 is 2.00 bits per heavy atom. The molecule has 0 aromatic heterocycles. The van der Waals surface area contributed by atoms with Gasteiger partial charge in [-0.05, 0) is 32.6 Å². The van der Waals surface area contributed by atoms with Crippen LogP contribution < -0.4 is 10.6 Å². The minimum atomic E-state index is -0.108. The number of guanidine groups is 1. The largest absolute Gasteiger partial charge is 0.393 e.